The second kappa shape index (κ2) is 8.57. The Morgan fingerprint density at radius 1 is 1.10 bits per heavy atom. The van der Waals surface area contributed by atoms with Crippen LogP contribution in [0.15, 0.2) is 65.6 Å². The van der Waals surface area contributed by atoms with Gasteiger partial charge in [-0.3, -0.25) is 9.69 Å². The SMILES string of the molecule is CCCOc1ccc2ccccc2c1/C=C1/SC(=S)N(c2ccc(Cl)cc2)C1=O. The fraction of sp³-hybridized carbons (Fsp3) is 0.130. The van der Waals surface area contributed by atoms with E-state index in [2.05, 4.69) is 13.0 Å². The van der Waals surface area contributed by atoms with Crippen molar-refractivity contribution < 1.29 is 9.53 Å². The van der Waals surface area contributed by atoms with Gasteiger partial charge < -0.3 is 4.74 Å². The number of thiocarbonyl (C=S) groups is 1. The lowest BCUT2D eigenvalue weighted by Crippen LogP contribution is -2.27. The lowest BCUT2D eigenvalue weighted by atomic mass is 10.0. The molecule has 29 heavy (non-hydrogen) atoms. The number of carbonyl (C=O) groups excluding carboxylic acids is 1. The molecule has 146 valence electrons. The van der Waals surface area contributed by atoms with Crippen molar-refractivity contribution in [3.05, 3.63) is 76.2 Å². The van der Waals surface area contributed by atoms with E-state index >= 15 is 0 Å². The van der Waals surface area contributed by atoms with Crippen LogP contribution in [0.25, 0.3) is 16.8 Å². The lowest BCUT2D eigenvalue weighted by Gasteiger charge is -2.14. The summed E-state index contributed by atoms with van der Waals surface area (Å²) in [5, 5.41) is 2.75. The van der Waals surface area contributed by atoms with Gasteiger partial charge in [0.25, 0.3) is 5.91 Å². The molecule has 1 aliphatic rings. The van der Waals surface area contributed by atoms with Crippen molar-refractivity contribution in [1.29, 1.82) is 0 Å². The predicted molar refractivity (Wildman–Crippen MR) is 127 cm³/mol. The topological polar surface area (TPSA) is 29.5 Å². The molecular formula is C23H18ClNO2S2. The number of amides is 1. The summed E-state index contributed by atoms with van der Waals surface area (Å²) in [7, 11) is 0. The van der Waals surface area contributed by atoms with Crippen molar-refractivity contribution in [2.75, 3.05) is 11.5 Å². The Labute approximate surface area is 184 Å². The van der Waals surface area contributed by atoms with Crippen LogP contribution in [0.2, 0.25) is 5.02 Å². The number of anilines is 1. The molecule has 1 aliphatic heterocycles. The maximum atomic E-state index is 13.1. The molecule has 1 fully saturated rings. The number of ether oxygens (including phenoxy) is 1. The van der Waals surface area contributed by atoms with Gasteiger partial charge in [0.05, 0.1) is 17.2 Å². The second-order valence-electron chi connectivity index (χ2n) is 6.54. The fourth-order valence-corrected chi connectivity index (χ4v) is 4.58. The summed E-state index contributed by atoms with van der Waals surface area (Å²) < 4.78 is 6.47. The van der Waals surface area contributed by atoms with E-state index in [4.69, 9.17) is 28.6 Å². The first kappa shape index (κ1) is 20.0. The molecule has 3 nitrogen and oxygen atoms in total. The van der Waals surface area contributed by atoms with Crippen LogP contribution in [0.3, 0.4) is 0 Å². The van der Waals surface area contributed by atoms with E-state index in [1.807, 2.05) is 36.4 Å². The minimum Gasteiger partial charge on any atom is -0.493 e. The molecule has 1 heterocycles. The third kappa shape index (κ3) is 4.04. The monoisotopic (exact) mass is 439 g/mol. The predicted octanol–water partition coefficient (Wildman–Crippen LogP) is 6.69. The molecule has 1 saturated heterocycles. The van der Waals surface area contributed by atoms with Gasteiger partial charge in [0, 0.05) is 10.6 Å². The highest BCUT2D eigenvalue weighted by atomic mass is 35.5. The van der Waals surface area contributed by atoms with Crippen LogP contribution in [0.1, 0.15) is 18.9 Å². The highest BCUT2D eigenvalue weighted by molar-refractivity contribution is 8.27. The van der Waals surface area contributed by atoms with E-state index in [1.54, 1.807) is 29.2 Å². The van der Waals surface area contributed by atoms with Gasteiger partial charge >= 0.3 is 0 Å². The van der Waals surface area contributed by atoms with Crippen LogP contribution in [0, 0.1) is 0 Å². The highest BCUT2D eigenvalue weighted by Crippen LogP contribution is 2.39. The van der Waals surface area contributed by atoms with E-state index in [-0.39, 0.29) is 5.91 Å². The molecule has 6 heteroatoms. The Balaban J connectivity index is 1.77. The molecule has 0 aromatic heterocycles. The van der Waals surface area contributed by atoms with Gasteiger partial charge in [-0.1, -0.05) is 72.8 Å². The molecule has 0 unspecified atom stereocenters. The van der Waals surface area contributed by atoms with Crippen LogP contribution in [0.5, 0.6) is 5.75 Å². The zero-order chi connectivity index (χ0) is 20.4. The van der Waals surface area contributed by atoms with Crippen molar-refractivity contribution in [2.24, 2.45) is 0 Å². The van der Waals surface area contributed by atoms with Gasteiger partial charge in [-0.15, -0.1) is 0 Å². The number of hydrogen-bond acceptors (Lipinski definition) is 4. The molecule has 4 rings (SSSR count). The lowest BCUT2D eigenvalue weighted by molar-refractivity contribution is -0.113. The molecule has 0 N–H and O–H groups in total. The quantitative estimate of drug-likeness (QED) is 0.327. The van der Waals surface area contributed by atoms with Crippen LogP contribution in [0.4, 0.5) is 5.69 Å². The maximum Gasteiger partial charge on any atom is 0.270 e. The van der Waals surface area contributed by atoms with Gasteiger partial charge in [0.2, 0.25) is 0 Å². The molecule has 0 atom stereocenters. The van der Waals surface area contributed by atoms with Gasteiger partial charge in [-0.25, -0.2) is 0 Å². The molecule has 3 aromatic carbocycles. The normalized spacial score (nSPS) is 15.5. The molecule has 3 aromatic rings. The molecular weight excluding hydrogens is 422 g/mol. The number of halogens is 1. The van der Waals surface area contributed by atoms with E-state index in [1.165, 1.54) is 11.8 Å². The number of carbonyl (C=O) groups is 1. The number of fused-ring (bicyclic) bond motifs is 1. The zero-order valence-electron chi connectivity index (χ0n) is 15.7. The summed E-state index contributed by atoms with van der Waals surface area (Å²) in [5.74, 6) is 0.624. The Kier molecular flexibility index (Phi) is 5.90. The Morgan fingerprint density at radius 2 is 1.86 bits per heavy atom. The number of benzene rings is 3. The van der Waals surface area contributed by atoms with Gasteiger partial charge in [-0.2, -0.15) is 0 Å². The van der Waals surface area contributed by atoms with Crippen LogP contribution >= 0.6 is 35.6 Å². The summed E-state index contributed by atoms with van der Waals surface area (Å²) in [6, 6.07) is 19.2. The minimum absolute atomic E-state index is 0.142. The zero-order valence-corrected chi connectivity index (χ0v) is 18.1. The van der Waals surface area contributed by atoms with E-state index < -0.39 is 0 Å². The van der Waals surface area contributed by atoms with Crippen molar-refractivity contribution in [2.45, 2.75) is 13.3 Å². The Hall–Kier alpha value is -2.34. The van der Waals surface area contributed by atoms with Crippen molar-refractivity contribution in [1.82, 2.24) is 0 Å². The smallest absolute Gasteiger partial charge is 0.270 e. The van der Waals surface area contributed by atoms with E-state index in [9.17, 15) is 4.79 Å². The second-order valence-corrected chi connectivity index (χ2v) is 8.65. The average Bonchev–Trinajstić information content (AvgIpc) is 3.01. The minimum atomic E-state index is -0.142. The first-order valence-corrected chi connectivity index (χ1v) is 10.9. The Bertz CT molecular complexity index is 1130. The third-order valence-corrected chi connectivity index (χ3v) is 6.10. The maximum absolute atomic E-state index is 13.1. The molecule has 0 spiro atoms. The largest absolute Gasteiger partial charge is 0.493 e. The van der Waals surface area contributed by atoms with Gasteiger partial charge in [0.1, 0.15) is 5.75 Å². The Morgan fingerprint density at radius 3 is 2.62 bits per heavy atom. The van der Waals surface area contributed by atoms with Crippen molar-refractivity contribution >= 4 is 68.3 Å². The summed E-state index contributed by atoms with van der Waals surface area (Å²) in [5.41, 5.74) is 1.61. The number of thioether (sulfide) groups is 1. The van der Waals surface area contributed by atoms with E-state index in [0.717, 1.165) is 28.5 Å². The first-order chi connectivity index (χ1) is 14.1. The standard InChI is InChI=1S/C23H18ClNO2S2/c1-2-13-27-20-12-7-15-5-3-4-6-18(15)19(20)14-21-22(26)25(23(28)29-21)17-10-8-16(24)9-11-17/h3-12,14H,2,13H2,1H3/b21-14+. The van der Waals surface area contributed by atoms with Crippen LogP contribution in [-0.2, 0) is 4.79 Å². The number of hydrogen-bond donors (Lipinski definition) is 0. The van der Waals surface area contributed by atoms with Crippen molar-refractivity contribution in [3.63, 3.8) is 0 Å². The molecule has 1 amide bonds. The van der Waals surface area contributed by atoms with Crippen LogP contribution in [-0.4, -0.2) is 16.8 Å². The van der Waals surface area contributed by atoms with Crippen LogP contribution < -0.4 is 9.64 Å². The molecule has 0 saturated carbocycles. The number of nitrogens with zero attached hydrogens (tertiary/aromatic N) is 1. The first-order valence-electron chi connectivity index (χ1n) is 9.26. The molecule has 0 aliphatic carbocycles. The third-order valence-electron chi connectivity index (χ3n) is 4.55. The fourth-order valence-electron chi connectivity index (χ4n) is 3.17. The molecule has 0 radical (unpaired) electrons. The highest BCUT2D eigenvalue weighted by Gasteiger charge is 2.33. The summed E-state index contributed by atoms with van der Waals surface area (Å²) >= 11 is 12.8. The average molecular weight is 440 g/mol. The number of rotatable bonds is 5. The summed E-state index contributed by atoms with van der Waals surface area (Å²) in [6.07, 6.45) is 2.80. The van der Waals surface area contributed by atoms with Gasteiger partial charge in [-0.05, 0) is 53.6 Å². The summed E-state index contributed by atoms with van der Waals surface area (Å²) in [4.78, 5) is 15.3. The molecule has 0 bridgehead atoms. The van der Waals surface area contributed by atoms with Crippen molar-refractivity contribution in [3.8, 4) is 5.75 Å². The van der Waals surface area contributed by atoms with Gasteiger partial charge in [0.15, 0.2) is 4.32 Å². The summed E-state index contributed by atoms with van der Waals surface area (Å²) in [6.45, 7) is 2.68. The van der Waals surface area contributed by atoms with E-state index in [0.29, 0.717) is 26.5 Å².